The van der Waals surface area contributed by atoms with E-state index in [9.17, 15) is 14.4 Å². The lowest BCUT2D eigenvalue weighted by Gasteiger charge is -2.05. The predicted octanol–water partition coefficient (Wildman–Crippen LogP) is 2.40. The number of hydrogen-bond acceptors (Lipinski definition) is 5. The van der Waals surface area contributed by atoms with Crippen LogP contribution in [0.1, 0.15) is 17.6 Å². The van der Waals surface area contributed by atoms with E-state index < -0.39 is 5.97 Å². The van der Waals surface area contributed by atoms with Crippen LogP contribution in [0, 0.1) is 0 Å². The second kappa shape index (κ2) is 6.11. The van der Waals surface area contributed by atoms with Crippen LogP contribution in [0.25, 0.3) is 27.7 Å². The molecule has 0 unspecified atom stereocenters. The lowest BCUT2D eigenvalue weighted by atomic mass is 10.2. The van der Waals surface area contributed by atoms with Gasteiger partial charge in [-0.05, 0) is 24.3 Å². The summed E-state index contributed by atoms with van der Waals surface area (Å²) >= 11 is 0. The fourth-order valence-corrected chi connectivity index (χ4v) is 3.11. The molecule has 26 heavy (non-hydrogen) atoms. The largest absolute Gasteiger partial charge is 0.469 e. The molecule has 2 heterocycles. The number of ether oxygens (including phenoxy) is 1. The monoisotopic (exact) mass is 349 g/mol. The van der Waals surface area contributed by atoms with Gasteiger partial charge in [0.1, 0.15) is 0 Å². The number of imidazole rings is 1. The minimum atomic E-state index is -0.463. The van der Waals surface area contributed by atoms with Gasteiger partial charge in [0.25, 0.3) is 5.56 Å². The second-order valence-electron chi connectivity index (χ2n) is 5.86. The Hall–Kier alpha value is -3.48. The summed E-state index contributed by atoms with van der Waals surface area (Å²) in [4.78, 5) is 41.7. The van der Waals surface area contributed by atoms with E-state index in [0.717, 1.165) is 0 Å². The number of carbonyl (C=O) groups is 2. The molecule has 0 saturated carbocycles. The van der Waals surface area contributed by atoms with Crippen LogP contribution in [0.15, 0.2) is 53.3 Å². The second-order valence-corrected chi connectivity index (χ2v) is 5.86. The van der Waals surface area contributed by atoms with Crippen LogP contribution >= 0.6 is 0 Å². The Morgan fingerprint density at radius 3 is 2.46 bits per heavy atom. The molecule has 130 valence electrons. The Balaban J connectivity index is 2.03. The van der Waals surface area contributed by atoms with Crippen LogP contribution in [0.3, 0.4) is 0 Å². The van der Waals surface area contributed by atoms with Crippen LogP contribution in [-0.2, 0) is 9.53 Å². The Bertz CT molecular complexity index is 1240. The van der Waals surface area contributed by atoms with Crippen molar-refractivity contribution in [1.82, 2.24) is 14.0 Å². The molecule has 0 amide bonds. The van der Waals surface area contributed by atoms with Crippen LogP contribution in [0.5, 0.6) is 0 Å². The number of fused-ring (bicyclic) bond motifs is 4. The molecule has 0 fully saturated rings. The smallest absolute Gasteiger partial charge is 0.306 e. The molecule has 0 aliphatic carbocycles. The summed E-state index contributed by atoms with van der Waals surface area (Å²) in [6, 6.07) is 14.1. The highest BCUT2D eigenvalue weighted by Gasteiger charge is 2.20. The highest BCUT2D eigenvalue weighted by atomic mass is 16.5. The Kier molecular flexibility index (Phi) is 3.76. The first-order valence-electron chi connectivity index (χ1n) is 8.13. The zero-order chi connectivity index (χ0) is 18.3. The number of para-hydroxylation sites is 3. The molecule has 2 aromatic heterocycles. The minimum absolute atomic E-state index is 0.0359. The predicted molar refractivity (Wildman–Crippen MR) is 96.3 cm³/mol. The fourth-order valence-electron chi connectivity index (χ4n) is 3.11. The molecule has 7 heteroatoms. The van der Waals surface area contributed by atoms with Crippen LogP contribution in [-0.4, -0.2) is 32.9 Å². The van der Waals surface area contributed by atoms with Gasteiger partial charge in [-0.2, -0.15) is 0 Å². The van der Waals surface area contributed by atoms with E-state index in [1.165, 1.54) is 16.1 Å². The van der Waals surface area contributed by atoms with Gasteiger partial charge in [-0.3, -0.25) is 14.4 Å². The fraction of sp³-hybridized carbons (Fsp3) is 0.158. The number of rotatable bonds is 3. The molecule has 0 atom stereocenters. The molecule has 0 aliphatic rings. The summed E-state index contributed by atoms with van der Waals surface area (Å²) in [5.41, 5.74) is 1.45. The Labute approximate surface area is 147 Å². The van der Waals surface area contributed by atoms with E-state index in [-0.39, 0.29) is 30.1 Å². The minimum Gasteiger partial charge on any atom is -0.469 e. The van der Waals surface area contributed by atoms with Crippen molar-refractivity contribution in [2.75, 3.05) is 7.11 Å². The van der Waals surface area contributed by atoms with Crippen molar-refractivity contribution in [3.05, 3.63) is 58.9 Å². The highest BCUT2D eigenvalue weighted by Crippen LogP contribution is 2.21. The summed E-state index contributed by atoms with van der Waals surface area (Å²) < 4.78 is 7.43. The van der Waals surface area contributed by atoms with E-state index in [4.69, 9.17) is 0 Å². The molecule has 4 aromatic rings. The van der Waals surface area contributed by atoms with E-state index in [2.05, 4.69) is 9.72 Å². The van der Waals surface area contributed by atoms with Gasteiger partial charge in [0.15, 0.2) is 0 Å². The van der Waals surface area contributed by atoms with E-state index >= 15 is 0 Å². The number of esters is 1. The molecule has 0 N–H and O–H groups in total. The van der Waals surface area contributed by atoms with E-state index in [0.29, 0.717) is 21.9 Å². The van der Waals surface area contributed by atoms with Crippen molar-refractivity contribution < 1.29 is 14.3 Å². The topological polar surface area (TPSA) is 82.7 Å². The molecule has 0 bridgehead atoms. The molecular formula is C19H15N3O4. The van der Waals surface area contributed by atoms with Crippen molar-refractivity contribution >= 4 is 39.6 Å². The van der Waals surface area contributed by atoms with Gasteiger partial charge in [-0.25, -0.2) is 14.0 Å². The molecular weight excluding hydrogens is 334 g/mol. The number of nitrogens with zero attached hydrogens (tertiary/aromatic N) is 3. The maximum Gasteiger partial charge on any atom is 0.306 e. The SMILES string of the molecule is COC(=O)CCC(=O)n1c2ccccc2n2c(=O)c3ccccc3nc12. The van der Waals surface area contributed by atoms with Crippen LogP contribution in [0.2, 0.25) is 0 Å². The summed E-state index contributed by atoms with van der Waals surface area (Å²) in [5, 5.41) is 0.481. The quantitative estimate of drug-likeness (QED) is 0.530. The number of benzene rings is 2. The molecule has 0 spiro atoms. The molecule has 2 aromatic carbocycles. The van der Waals surface area contributed by atoms with Crippen molar-refractivity contribution in [2.45, 2.75) is 12.8 Å². The third-order valence-corrected chi connectivity index (χ3v) is 4.34. The first-order valence-corrected chi connectivity index (χ1v) is 8.13. The average molecular weight is 349 g/mol. The first-order chi connectivity index (χ1) is 12.6. The van der Waals surface area contributed by atoms with Gasteiger partial charge in [0.05, 0.1) is 35.5 Å². The van der Waals surface area contributed by atoms with Crippen molar-refractivity contribution in [3.8, 4) is 0 Å². The number of methoxy groups -OCH3 is 1. The molecule has 0 aliphatic heterocycles. The zero-order valence-corrected chi connectivity index (χ0v) is 14.0. The Morgan fingerprint density at radius 2 is 1.69 bits per heavy atom. The summed E-state index contributed by atoms with van der Waals surface area (Å²) in [5.74, 6) is -0.546. The van der Waals surface area contributed by atoms with Gasteiger partial charge in [0.2, 0.25) is 11.7 Å². The number of aromatic nitrogens is 3. The zero-order valence-electron chi connectivity index (χ0n) is 14.0. The highest BCUT2D eigenvalue weighted by molar-refractivity contribution is 5.97. The van der Waals surface area contributed by atoms with Crippen molar-refractivity contribution in [3.63, 3.8) is 0 Å². The molecule has 0 radical (unpaired) electrons. The Morgan fingerprint density at radius 1 is 1.00 bits per heavy atom. The van der Waals surface area contributed by atoms with Crippen LogP contribution in [0.4, 0.5) is 0 Å². The summed E-state index contributed by atoms with van der Waals surface area (Å²) in [7, 11) is 1.28. The third kappa shape index (κ3) is 2.36. The summed E-state index contributed by atoms with van der Waals surface area (Å²) in [6.07, 6.45) is -0.0739. The van der Waals surface area contributed by atoms with E-state index in [1.807, 2.05) is 0 Å². The van der Waals surface area contributed by atoms with E-state index in [1.54, 1.807) is 48.5 Å². The maximum atomic E-state index is 13.0. The van der Waals surface area contributed by atoms with Crippen LogP contribution < -0.4 is 5.56 Å². The molecule has 4 rings (SSSR count). The lowest BCUT2D eigenvalue weighted by molar-refractivity contribution is -0.140. The van der Waals surface area contributed by atoms with Gasteiger partial charge < -0.3 is 4.74 Å². The van der Waals surface area contributed by atoms with Crippen molar-refractivity contribution in [2.24, 2.45) is 0 Å². The lowest BCUT2D eigenvalue weighted by Crippen LogP contribution is -2.18. The van der Waals surface area contributed by atoms with Gasteiger partial charge in [-0.15, -0.1) is 0 Å². The number of hydrogen-bond donors (Lipinski definition) is 0. The van der Waals surface area contributed by atoms with Gasteiger partial charge in [0, 0.05) is 6.42 Å². The maximum absolute atomic E-state index is 13.0. The standard InChI is InChI=1S/C19H15N3O4/c1-26-17(24)11-10-16(23)21-14-8-4-5-9-15(14)22-18(25)12-6-2-3-7-13(12)20-19(21)22/h2-9H,10-11H2,1H3. The van der Waals surface area contributed by atoms with Crippen molar-refractivity contribution in [1.29, 1.82) is 0 Å². The average Bonchev–Trinajstić information content (AvgIpc) is 3.00. The normalized spacial score (nSPS) is 11.3. The molecule has 0 saturated heterocycles. The van der Waals surface area contributed by atoms with Gasteiger partial charge >= 0.3 is 5.97 Å². The molecule has 7 nitrogen and oxygen atoms in total. The first kappa shape index (κ1) is 16.0. The van der Waals surface area contributed by atoms with Gasteiger partial charge in [-0.1, -0.05) is 24.3 Å². The third-order valence-electron chi connectivity index (χ3n) is 4.34. The number of carbonyl (C=O) groups excluding carboxylic acids is 2. The summed E-state index contributed by atoms with van der Waals surface area (Å²) in [6.45, 7) is 0.